The number of methoxy groups -OCH3 is 1. The number of aryl methyl sites for hydroxylation is 2. The summed E-state index contributed by atoms with van der Waals surface area (Å²) in [7, 11) is 1.53. The van der Waals surface area contributed by atoms with E-state index in [0.29, 0.717) is 23.7 Å². The molecule has 0 unspecified atom stereocenters. The first-order chi connectivity index (χ1) is 11.1. The fourth-order valence-corrected chi connectivity index (χ4v) is 2.21. The molecule has 0 radical (unpaired) electrons. The van der Waals surface area contributed by atoms with Gasteiger partial charge in [-0.2, -0.15) is 5.10 Å². The second-order valence-electron chi connectivity index (χ2n) is 5.08. The molecule has 0 atom stereocenters. The number of benzene rings is 1. The molecule has 0 saturated heterocycles. The van der Waals surface area contributed by atoms with Gasteiger partial charge in [0.1, 0.15) is 35.2 Å². The molecule has 3 aromatic rings. The molecule has 0 saturated carbocycles. The lowest BCUT2D eigenvalue weighted by Crippen LogP contribution is -2.02. The van der Waals surface area contributed by atoms with E-state index in [1.807, 2.05) is 6.92 Å². The van der Waals surface area contributed by atoms with Crippen LogP contribution in [-0.2, 0) is 13.0 Å². The van der Waals surface area contributed by atoms with E-state index in [0.717, 1.165) is 12.2 Å². The average Bonchev–Trinajstić information content (AvgIpc) is 3.15. The van der Waals surface area contributed by atoms with Crippen LogP contribution >= 0.6 is 0 Å². The SMILES string of the molecule is CCc1ncn(Cc2nc(-c3cc(OC)ccc3F)oc2C)n1. The first-order valence-corrected chi connectivity index (χ1v) is 7.29. The summed E-state index contributed by atoms with van der Waals surface area (Å²) >= 11 is 0. The van der Waals surface area contributed by atoms with E-state index in [1.165, 1.54) is 13.2 Å². The van der Waals surface area contributed by atoms with Gasteiger partial charge in [-0.25, -0.2) is 19.0 Å². The largest absolute Gasteiger partial charge is 0.497 e. The first-order valence-electron chi connectivity index (χ1n) is 7.29. The van der Waals surface area contributed by atoms with Crippen LogP contribution in [0.25, 0.3) is 11.5 Å². The standard InChI is InChI=1S/C16H17FN4O2/c1-4-15-18-9-21(20-15)8-14-10(2)23-16(19-14)12-7-11(22-3)5-6-13(12)17/h5-7,9H,4,8H2,1-3H3. The number of oxazole rings is 1. The number of nitrogens with zero attached hydrogens (tertiary/aromatic N) is 4. The zero-order valence-corrected chi connectivity index (χ0v) is 13.2. The number of halogens is 1. The molecule has 0 aliphatic carbocycles. The molecule has 0 N–H and O–H groups in total. The highest BCUT2D eigenvalue weighted by atomic mass is 19.1. The van der Waals surface area contributed by atoms with Crippen molar-refractivity contribution < 1.29 is 13.5 Å². The van der Waals surface area contributed by atoms with Crippen LogP contribution in [-0.4, -0.2) is 26.9 Å². The average molecular weight is 316 g/mol. The smallest absolute Gasteiger partial charge is 0.229 e. The number of aromatic nitrogens is 4. The van der Waals surface area contributed by atoms with Gasteiger partial charge in [0.15, 0.2) is 0 Å². The zero-order chi connectivity index (χ0) is 16.4. The molecule has 0 bridgehead atoms. The maximum Gasteiger partial charge on any atom is 0.229 e. The quantitative estimate of drug-likeness (QED) is 0.724. The lowest BCUT2D eigenvalue weighted by atomic mass is 10.2. The molecule has 6 nitrogen and oxygen atoms in total. The maximum absolute atomic E-state index is 14.0. The minimum atomic E-state index is -0.410. The third-order valence-electron chi connectivity index (χ3n) is 3.51. The summed E-state index contributed by atoms with van der Waals surface area (Å²) in [5.41, 5.74) is 0.960. The van der Waals surface area contributed by atoms with Crippen molar-refractivity contribution in [3.63, 3.8) is 0 Å². The molecule has 7 heteroatoms. The summed E-state index contributed by atoms with van der Waals surface area (Å²) in [6.07, 6.45) is 2.42. The highest BCUT2D eigenvalue weighted by Crippen LogP contribution is 2.28. The Balaban J connectivity index is 1.91. The molecule has 3 rings (SSSR count). The van der Waals surface area contributed by atoms with E-state index in [9.17, 15) is 4.39 Å². The van der Waals surface area contributed by atoms with Crippen LogP contribution in [0.4, 0.5) is 4.39 Å². The van der Waals surface area contributed by atoms with Crippen LogP contribution in [0.1, 0.15) is 24.2 Å². The van der Waals surface area contributed by atoms with Crippen molar-refractivity contribution in [2.24, 2.45) is 0 Å². The Kier molecular flexibility index (Phi) is 4.10. The van der Waals surface area contributed by atoms with Gasteiger partial charge in [-0.3, -0.25) is 0 Å². The van der Waals surface area contributed by atoms with Crippen molar-refractivity contribution >= 4 is 0 Å². The monoisotopic (exact) mass is 316 g/mol. The van der Waals surface area contributed by atoms with Crippen molar-refractivity contribution in [2.75, 3.05) is 7.11 Å². The molecule has 0 fully saturated rings. The topological polar surface area (TPSA) is 66.0 Å². The predicted octanol–water partition coefficient (Wildman–Crippen LogP) is 3.00. The van der Waals surface area contributed by atoms with Gasteiger partial charge < -0.3 is 9.15 Å². The van der Waals surface area contributed by atoms with Gasteiger partial charge in [-0.15, -0.1) is 0 Å². The van der Waals surface area contributed by atoms with Crippen LogP contribution < -0.4 is 4.74 Å². The summed E-state index contributed by atoms with van der Waals surface area (Å²) in [5, 5.41) is 4.32. The summed E-state index contributed by atoms with van der Waals surface area (Å²) in [4.78, 5) is 8.58. The maximum atomic E-state index is 14.0. The van der Waals surface area contributed by atoms with Crippen molar-refractivity contribution in [1.29, 1.82) is 0 Å². The van der Waals surface area contributed by atoms with Crippen LogP contribution in [0.5, 0.6) is 5.75 Å². The Bertz CT molecular complexity index is 825. The van der Waals surface area contributed by atoms with E-state index in [2.05, 4.69) is 15.1 Å². The van der Waals surface area contributed by atoms with Gasteiger partial charge in [0.25, 0.3) is 0 Å². The Morgan fingerprint density at radius 3 is 2.87 bits per heavy atom. The Labute approximate surface area is 132 Å². The highest BCUT2D eigenvalue weighted by molar-refractivity contribution is 5.57. The van der Waals surface area contributed by atoms with Crippen molar-refractivity contribution in [3.8, 4) is 17.2 Å². The molecule has 2 aromatic heterocycles. The Morgan fingerprint density at radius 1 is 1.35 bits per heavy atom. The lowest BCUT2D eigenvalue weighted by Gasteiger charge is -2.02. The zero-order valence-electron chi connectivity index (χ0n) is 13.2. The highest BCUT2D eigenvalue weighted by Gasteiger charge is 2.16. The minimum absolute atomic E-state index is 0.227. The third kappa shape index (κ3) is 3.08. The van der Waals surface area contributed by atoms with Gasteiger partial charge in [0.05, 0.1) is 19.2 Å². The Morgan fingerprint density at radius 2 is 2.17 bits per heavy atom. The normalized spacial score (nSPS) is 11.0. The number of rotatable bonds is 5. The van der Waals surface area contributed by atoms with Gasteiger partial charge in [-0.05, 0) is 25.1 Å². The first kappa shape index (κ1) is 15.2. The molecule has 1 aromatic carbocycles. The number of hydrogen-bond donors (Lipinski definition) is 0. The molecule has 0 aliphatic rings. The summed E-state index contributed by atoms with van der Waals surface area (Å²) in [6.45, 7) is 4.21. The lowest BCUT2D eigenvalue weighted by molar-refractivity contribution is 0.413. The van der Waals surface area contributed by atoms with Crippen LogP contribution in [0.3, 0.4) is 0 Å². The molecule has 0 aliphatic heterocycles. The van der Waals surface area contributed by atoms with Gasteiger partial charge in [-0.1, -0.05) is 6.92 Å². The van der Waals surface area contributed by atoms with E-state index in [-0.39, 0.29) is 11.5 Å². The van der Waals surface area contributed by atoms with E-state index in [1.54, 1.807) is 30.1 Å². The summed E-state index contributed by atoms with van der Waals surface area (Å²) < 4.78 is 26.5. The predicted molar refractivity (Wildman–Crippen MR) is 81.7 cm³/mol. The molecule has 120 valence electrons. The molecular weight excluding hydrogens is 299 g/mol. The van der Waals surface area contributed by atoms with Crippen LogP contribution in [0.15, 0.2) is 28.9 Å². The molecule has 0 amide bonds. The number of hydrogen-bond acceptors (Lipinski definition) is 5. The Hall–Kier alpha value is -2.70. The van der Waals surface area contributed by atoms with E-state index < -0.39 is 5.82 Å². The fourth-order valence-electron chi connectivity index (χ4n) is 2.21. The third-order valence-corrected chi connectivity index (χ3v) is 3.51. The summed E-state index contributed by atoms with van der Waals surface area (Å²) in [6, 6.07) is 4.45. The van der Waals surface area contributed by atoms with Crippen LogP contribution in [0, 0.1) is 12.7 Å². The van der Waals surface area contributed by atoms with Crippen molar-refractivity contribution in [1.82, 2.24) is 19.7 Å². The van der Waals surface area contributed by atoms with Crippen molar-refractivity contribution in [2.45, 2.75) is 26.8 Å². The second-order valence-corrected chi connectivity index (χ2v) is 5.08. The number of ether oxygens (including phenoxy) is 1. The van der Waals surface area contributed by atoms with Gasteiger partial charge in [0, 0.05) is 6.42 Å². The van der Waals surface area contributed by atoms with E-state index >= 15 is 0 Å². The fraction of sp³-hybridized carbons (Fsp3) is 0.312. The minimum Gasteiger partial charge on any atom is -0.497 e. The van der Waals surface area contributed by atoms with E-state index in [4.69, 9.17) is 9.15 Å². The van der Waals surface area contributed by atoms with Gasteiger partial charge >= 0.3 is 0 Å². The van der Waals surface area contributed by atoms with Crippen LogP contribution in [0.2, 0.25) is 0 Å². The molecule has 2 heterocycles. The second kappa shape index (κ2) is 6.20. The van der Waals surface area contributed by atoms with Crippen molar-refractivity contribution in [3.05, 3.63) is 47.6 Å². The molecular formula is C16H17FN4O2. The molecule has 23 heavy (non-hydrogen) atoms. The van der Waals surface area contributed by atoms with Gasteiger partial charge in [0.2, 0.25) is 5.89 Å². The summed E-state index contributed by atoms with van der Waals surface area (Å²) in [5.74, 6) is 1.75. The molecule has 0 spiro atoms.